The van der Waals surface area contributed by atoms with Crippen molar-refractivity contribution in [1.82, 2.24) is 10.3 Å². The molecule has 2 rings (SSSR count). The van der Waals surface area contributed by atoms with Crippen molar-refractivity contribution in [3.8, 4) is 0 Å². The van der Waals surface area contributed by atoms with Gasteiger partial charge in [0.15, 0.2) is 0 Å². The summed E-state index contributed by atoms with van der Waals surface area (Å²) in [5.74, 6) is 1.34. The lowest BCUT2D eigenvalue weighted by Crippen LogP contribution is -2.32. The molecule has 98 valence electrons. The Morgan fingerprint density at radius 3 is 3.00 bits per heavy atom. The molecule has 1 heterocycles. The van der Waals surface area contributed by atoms with E-state index in [0.717, 1.165) is 19.5 Å². The summed E-state index contributed by atoms with van der Waals surface area (Å²) in [6, 6.07) is 3.62. The van der Waals surface area contributed by atoms with Gasteiger partial charge in [0.05, 0.1) is 5.56 Å². The highest BCUT2D eigenvalue weighted by Gasteiger charge is 2.19. The van der Waals surface area contributed by atoms with Crippen molar-refractivity contribution < 1.29 is 4.79 Å². The second kappa shape index (κ2) is 6.38. The molecule has 1 amide bonds. The summed E-state index contributed by atoms with van der Waals surface area (Å²) >= 11 is 0. The van der Waals surface area contributed by atoms with Crippen LogP contribution in [0.3, 0.4) is 0 Å². The molecule has 0 aromatic carbocycles. The van der Waals surface area contributed by atoms with Crippen LogP contribution in [0.4, 0.5) is 5.82 Å². The number of hydrogen-bond donors (Lipinski definition) is 2. The van der Waals surface area contributed by atoms with E-state index in [0.29, 0.717) is 17.3 Å². The Labute approximate surface area is 108 Å². The summed E-state index contributed by atoms with van der Waals surface area (Å²) in [4.78, 5) is 16.3. The van der Waals surface area contributed by atoms with Crippen LogP contribution in [0, 0.1) is 5.92 Å². The Morgan fingerprint density at radius 2 is 2.33 bits per heavy atom. The van der Waals surface area contributed by atoms with E-state index in [9.17, 15) is 4.79 Å². The summed E-state index contributed by atoms with van der Waals surface area (Å²) < 4.78 is 0. The average molecular weight is 247 g/mol. The third-order valence-corrected chi connectivity index (χ3v) is 3.37. The highest BCUT2D eigenvalue weighted by molar-refractivity contribution is 5.98. The molecule has 1 fully saturated rings. The van der Waals surface area contributed by atoms with Gasteiger partial charge in [0.2, 0.25) is 0 Å². The highest BCUT2D eigenvalue weighted by Crippen LogP contribution is 2.25. The monoisotopic (exact) mass is 247 g/mol. The van der Waals surface area contributed by atoms with Crippen molar-refractivity contribution >= 4 is 11.7 Å². The van der Waals surface area contributed by atoms with E-state index in [1.165, 1.54) is 19.3 Å². The Kier molecular flexibility index (Phi) is 4.56. The van der Waals surface area contributed by atoms with Gasteiger partial charge in [-0.2, -0.15) is 0 Å². The van der Waals surface area contributed by atoms with Gasteiger partial charge < -0.3 is 10.6 Å². The number of rotatable bonds is 6. The molecule has 0 saturated heterocycles. The van der Waals surface area contributed by atoms with Crippen molar-refractivity contribution in [1.29, 1.82) is 0 Å². The number of carbonyl (C=O) groups excluding carboxylic acids is 1. The van der Waals surface area contributed by atoms with Gasteiger partial charge in [0.1, 0.15) is 5.82 Å². The highest BCUT2D eigenvalue weighted by atomic mass is 16.1. The molecular formula is C14H21N3O. The molecule has 2 N–H and O–H groups in total. The van der Waals surface area contributed by atoms with E-state index in [1.807, 2.05) is 6.07 Å². The normalized spacial score (nSPS) is 14.9. The molecule has 0 bridgehead atoms. The third-order valence-electron chi connectivity index (χ3n) is 3.37. The first kappa shape index (κ1) is 12.9. The van der Waals surface area contributed by atoms with Gasteiger partial charge in [-0.3, -0.25) is 4.79 Å². The maximum absolute atomic E-state index is 12.1. The average Bonchev–Trinajstić information content (AvgIpc) is 2.34. The van der Waals surface area contributed by atoms with Crippen LogP contribution in [0.5, 0.6) is 0 Å². The van der Waals surface area contributed by atoms with Crippen LogP contribution < -0.4 is 10.6 Å². The van der Waals surface area contributed by atoms with Crippen LogP contribution in [0.1, 0.15) is 43.0 Å². The van der Waals surface area contributed by atoms with Crippen molar-refractivity contribution in [2.24, 2.45) is 5.92 Å². The second-order valence-corrected chi connectivity index (χ2v) is 4.83. The van der Waals surface area contributed by atoms with Gasteiger partial charge in [-0.1, -0.05) is 13.3 Å². The minimum atomic E-state index is -0.0198. The van der Waals surface area contributed by atoms with Gasteiger partial charge in [0.25, 0.3) is 5.91 Å². The molecule has 18 heavy (non-hydrogen) atoms. The fourth-order valence-electron chi connectivity index (χ4n) is 2.00. The summed E-state index contributed by atoms with van der Waals surface area (Å²) in [6.45, 7) is 3.72. The molecule has 4 heteroatoms. The van der Waals surface area contributed by atoms with Crippen LogP contribution in [0.2, 0.25) is 0 Å². The van der Waals surface area contributed by atoms with E-state index in [2.05, 4.69) is 22.5 Å². The van der Waals surface area contributed by atoms with Gasteiger partial charge >= 0.3 is 0 Å². The number of amides is 1. The summed E-state index contributed by atoms with van der Waals surface area (Å²) in [6.07, 6.45) is 6.51. The van der Waals surface area contributed by atoms with E-state index < -0.39 is 0 Å². The standard InChI is InChI=1S/C14H21N3O/c1-2-8-15-13-12(7-4-9-16-13)14(18)17-10-11-5-3-6-11/h4,7,9,11H,2-3,5-6,8,10H2,1H3,(H,15,16)(H,17,18). The van der Waals surface area contributed by atoms with Crippen LogP contribution >= 0.6 is 0 Å². The number of nitrogens with zero attached hydrogens (tertiary/aromatic N) is 1. The number of anilines is 1. The lowest BCUT2D eigenvalue weighted by molar-refractivity contribution is 0.0939. The van der Waals surface area contributed by atoms with Gasteiger partial charge in [0, 0.05) is 19.3 Å². The van der Waals surface area contributed by atoms with Gasteiger partial charge in [-0.15, -0.1) is 0 Å². The number of aromatic nitrogens is 1. The summed E-state index contributed by atoms with van der Waals surface area (Å²) in [5, 5.41) is 6.19. The Bertz CT molecular complexity index is 402. The molecule has 1 aliphatic carbocycles. The maximum atomic E-state index is 12.1. The fourth-order valence-corrected chi connectivity index (χ4v) is 2.00. The zero-order valence-corrected chi connectivity index (χ0v) is 10.9. The topological polar surface area (TPSA) is 54.0 Å². The molecule has 0 spiro atoms. The Hall–Kier alpha value is -1.58. The maximum Gasteiger partial charge on any atom is 0.255 e. The molecule has 0 radical (unpaired) electrons. The van der Waals surface area contributed by atoms with Crippen LogP contribution in [-0.2, 0) is 0 Å². The first-order valence-corrected chi connectivity index (χ1v) is 6.78. The molecule has 0 aliphatic heterocycles. The molecule has 0 unspecified atom stereocenters. The van der Waals surface area contributed by atoms with Gasteiger partial charge in [-0.05, 0) is 37.3 Å². The first-order valence-electron chi connectivity index (χ1n) is 6.78. The zero-order valence-electron chi connectivity index (χ0n) is 10.9. The molecule has 1 aliphatic rings. The fraction of sp³-hybridized carbons (Fsp3) is 0.571. The molecule has 0 atom stereocenters. The van der Waals surface area contributed by atoms with Crippen molar-refractivity contribution in [3.05, 3.63) is 23.9 Å². The number of pyridine rings is 1. The van der Waals surface area contributed by atoms with Crippen LogP contribution in [0.25, 0.3) is 0 Å². The smallest absolute Gasteiger partial charge is 0.255 e. The van der Waals surface area contributed by atoms with E-state index >= 15 is 0 Å². The first-order chi connectivity index (χ1) is 8.81. The zero-order chi connectivity index (χ0) is 12.8. The molecular weight excluding hydrogens is 226 g/mol. The number of hydrogen-bond acceptors (Lipinski definition) is 3. The minimum Gasteiger partial charge on any atom is -0.369 e. The number of nitrogens with one attached hydrogen (secondary N) is 2. The Morgan fingerprint density at radius 1 is 1.50 bits per heavy atom. The van der Waals surface area contributed by atoms with Crippen LogP contribution in [0.15, 0.2) is 18.3 Å². The van der Waals surface area contributed by atoms with Crippen molar-refractivity contribution in [3.63, 3.8) is 0 Å². The predicted octanol–water partition coefficient (Wildman–Crippen LogP) is 2.43. The SMILES string of the molecule is CCCNc1ncccc1C(=O)NCC1CCC1. The predicted molar refractivity (Wildman–Crippen MR) is 72.7 cm³/mol. The number of carbonyl (C=O) groups is 1. The summed E-state index contributed by atoms with van der Waals surface area (Å²) in [5.41, 5.74) is 0.644. The third kappa shape index (κ3) is 3.22. The molecule has 1 saturated carbocycles. The largest absolute Gasteiger partial charge is 0.369 e. The van der Waals surface area contributed by atoms with E-state index in [-0.39, 0.29) is 5.91 Å². The summed E-state index contributed by atoms with van der Waals surface area (Å²) in [7, 11) is 0. The van der Waals surface area contributed by atoms with E-state index in [4.69, 9.17) is 0 Å². The van der Waals surface area contributed by atoms with Crippen LogP contribution in [-0.4, -0.2) is 24.0 Å². The van der Waals surface area contributed by atoms with Crippen molar-refractivity contribution in [2.75, 3.05) is 18.4 Å². The van der Waals surface area contributed by atoms with Gasteiger partial charge in [-0.25, -0.2) is 4.98 Å². The molecule has 1 aromatic heterocycles. The van der Waals surface area contributed by atoms with Crippen molar-refractivity contribution in [2.45, 2.75) is 32.6 Å². The van der Waals surface area contributed by atoms with E-state index in [1.54, 1.807) is 12.3 Å². The quantitative estimate of drug-likeness (QED) is 0.811. The lowest BCUT2D eigenvalue weighted by atomic mass is 9.85. The molecule has 1 aromatic rings. The molecule has 4 nitrogen and oxygen atoms in total. The second-order valence-electron chi connectivity index (χ2n) is 4.83. The minimum absolute atomic E-state index is 0.0198. The Balaban J connectivity index is 1.94. The lowest BCUT2D eigenvalue weighted by Gasteiger charge is -2.25.